The van der Waals surface area contributed by atoms with Crippen molar-refractivity contribution in [2.45, 2.75) is 38.3 Å². The topological polar surface area (TPSA) is 43.8 Å². The van der Waals surface area contributed by atoms with Crippen LogP contribution in [-0.4, -0.2) is 15.7 Å². The summed E-state index contributed by atoms with van der Waals surface area (Å²) in [7, 11) is 0. The highest BCUT2D eigenvalue weighted by molar-refractivity contribution is 5.30. The van der Waals surface area contributed by atoms with Gasteiger partial charge in [-0.15, -0.1) is 0 Å². The second-order valence-corrected chi connectivity index (χ2v) is 4.64. The average Bonchev–Trinajstić information content (AvgIpc) is 2.45. The Morgan fingerprint density at radius 3 is 2.67 bits per heavy atom. The summed E-state index contributed by atoms with van der Waals surface area (Å²) in [5, 5.41) is 4.03. The Bertz CT molecular complexity index is 372. The number of alkyl halides is 2. The van der Waals surface area contributed by atoms with Gasteiger partial charge in [0.05, 0.1) is 5.69 Å². The first-order valence-electron chi connectivity index (χ1n) is 5.06. The highest BCUT2D eigenvalue weighted by atomic mass is 19.3. The Labute approximate surface area is 87.3 Å². The highest BCUT2D eigenvalue weighted by Gasteiger charge is 2.71. The number of nitrogens with zero attached hydrogens (tertiary/aromatic N) is 2. The third-order valence-corrected chi connectivity index (χ3v) is 2.74. The van der Waals surface area contributed by atoms with E-state index in [4.69, 9.17) is 5.73 Å². The van der Waals surface area contributed by atoms with Crippen molar-refractivity contribution in [3.05, 3.63) is 18.0 Å². The van der Waals surface area contributed by atoms with Crippen molar-refractivity contribution in [2.75, 3.05) is 0 Å². The molecule has 3 nitrogen and oxygen atoms in total. The van der Waals surface area contributed by atoms with Crippen LogP contribution in [0.4, 0.5) is 8.78 Å². The first-order chi connectivity index (χ1) is 6.87. The molecule has 1 aromatic rings. The number of aromatic nitrogens is 2. The Morgan fingerprint density at radius 1 is 1.60 bits per heavy atom. The van der Waals surface area contributed by atoms with Crippen LogP contribution in [-0.2, 0) is 12.1 Å². The zero-order valence-corrected chi connectivity index (χ0v) is 8.87. The maximum atomic E-state index is 13.1. The van der Waals surface area contributed by atoms with E-state index in [1.165, 1.54) is 6.20 Å². The van der Waals surface area contributed by atoms with E-state index in [0.29, 0.717) is 18.2 Å². The van der Waals surface area contributed by atoms with Crippen molar-refractivity contribution < 1.29 is 8.78 Å². The van der Waals surface area contributed by atoms with E-state index in [9.17, 15) is 8.78 Å². The Morgan fingerprint density at radius 2 is 2.20 bits per heavy atom. The van der Waals surface area contributed by atoms with Crippen LogP contribution in [0.25, 0.3) is 0 Å². The maximum Gasteiger partial charge on any atom is 0.273 e. The summed E-state index contributed by atoms with van der Waals surface area (Å²) >= 11 is 0. The molecule has 0 bridgehead atoms. The molecule has 0 saturated heterocycles. The Kier molecular flexibility index (Phi) is 2.12. The van der Waals surface area contributed by atoms with E-state index < -0.39 is 11.5 Å². The molecule has 1 unspecified atom stereocenters. The standard InChI is InChI=1S/C10H15F2N3/c1-7(2)5-15-8(3-4-14-15)9(13)6-10(9,11)12/h3-4,7H,5-6,13H2,1-2H3. The molecule has 0 aromatic carbocycles. The summed E-state index contributed by atoms with van der Waals surface area (Å²) < 4.78 is 27.8. The van der Waals surface area contributed by atoms with Gasteiger partial charge in [0.25, 0.3) is 5.92 Å². The van der Waals surface area contributed by atoms with Gasteiger partial charge in [-0.25, -0.2) is 8.78 Å². The molecular formula is C10H15F2N3. The van der Waals surface area contributed by atoms with Gasteiger partial charge in [0.15, 0.2) is 0 Å². The molecular weight excluding hydrogens is 200 g/mol. The second kappa shape index (κ2) is 3.01. The van der Waals surface area contributed by atoms with E-state index in [1.807, 2.05) is 13.8 Å². The summed E-state index contributed by atoms with van der Waals surface area (Å²) in [6, 6.07) is 1.59. The lowest BCUT2D eigenvalue weighted by molar-refractivity contribution is 0.0865. The number of hydrogen-bond donors (Lipinski definition) is 1. The molecule has 0 radical (unpaired) electrons. The molecule has 1 aromatic heterocycles. The second-order valence-electron chi connectivity index (χ2n) is 4.64. The number of hydrogen-bond acceptors (Lipinski definition) is 2. The lowest BCUT2D eigenvalue weighted by atomic mass is 10.1. The highest BCUT2D eigenvalue weighted by Crippen LogP contribution is 2.57. The summed E-state index contributed by atoms with van der Waals surface area (Å²) in [5.74, 6) is -2.42. The van der Waals surface area contributed by atoms with Crippen molar-refractivity contribution in [3.8, 4) is 0 Å². The van der Waals surface area contributed by atoms with Crippen LogP contribution in [0.2, 0.25) is 0 Å². The van der Waals surface area contributed by atoms with E-state index in [0.717, 1.165) is 0 Å². The van der Waals surface area contributed by atoms with E-state index in [1.54, 1.807) is 10.7 Å². The van der Waals surface area contributed by atoms with Crippen LogP contribution >= 0.6 is 0 Å². The smallest absolute Gasteiger partial charge is 0.273 e. The summed E-state index contributed by atoms with van der Waals surface area (Å²) in [6.07, 6.45) is 1.25. The minimum Gasteiger partial charge on any atom is -0.315 e. The molecule has 0 amide bonds. The van der Waals surface area contributed by atoms with Crippen molar-refractivity contribution in [1.82, 2.24) is 9.78 Å². The van der Waals surface area contributed by atoms with Gasteiger partial charge in [0.1, 0.15) is 5.54 Å². The fourth-order valence-corrected chi connectivity index (χ4v) is 1.79. The number of halogens is 2. The third kappa shape index (κ3) is 1.55. The molecule has 1 aliphatic carbocycles. The van der Waals surface area contributed by atoms with Crippen molar-refractivity contribution in [1.29, 1.82) is 0 Å². The predicted octanol–water partition coefficient (Wildman–Crippen LogP) is 1.73. The monoisotopic (exact) mass is 215 g/mol. The number of nitrogens with two attached hydrogens (primary N) is 1. The van der Waals surface area contributed by atoms with Gasteiger partial charge in [-0.3, -0.25) is 4.68 Å². The van der Waals surface area contributed by atoms with Gasteiger partial charge in [0.2, 0.25) is 0 Å². The first kappa shape index (κ1) is 10.5. The Balaban J connectivity index is 2.27. The minimum atomic E-state index is -2.78. The van der Waals surface area contributed by atoms with E-state index in [-0.39, 0.29) is 6.42 Å². The van der Waals surface area contributed by atoms with Gasteiger partial charge in [0, 0.05) is 19.2 Å². The first-order valence-corrected chi connectivity index (χ1v) is 5.06. The predicted molar refractivity (Wildman–Crippen MR) is 52.5 cm³/mol. The third-order valence-electron chi connectivity index (χ3n) is 2.74. The molecule has 84 valence electrons. The summed E-state index contributed by atoms with van der Waals surface area (Å²) in [6.45, 7) is 4.65. The lowest BCUT2D eigenvalue weighted by Gasteiger charge is -2.14. The molecule has 15 heavy (non-hydrogen) atoms. The molecule has 1 aliphatic rings. The molecule has 5 heteroatoms. The minimum absolute atomic E-state index is 0.274. The van der Waals surface area contributed by atoms with Crippen LogP contribution in [0.3, 0.4) is 0 Å². The van der Waals surface area contributed by atoms with Crippen LogP contribution in [0.15, 0.2) is 12.3 Å². The van der Waals surface area contributed by atoms with Crippen molar-refractivity contribution in [3.63, 3.8) is 0 Å². The fraction of sp³-hybridized carbons (Fsp3) is 0.700. The molecule has 1 saturated carbocycles. The molecule has 0 aliphatic heterocycles. The summed E-state index contributed by atoms with van der Waals surface area (Å²) in [5.41, 5.74) is 4.61. The molecule has 2 N–H and O–H groups in total. The van der Waals surface area contributed by atoms with Crippen molar-refractivity contribution >= 4 is 0 Å². The van der Waals surface area contributed by atoms with Gasteiger partial charge in [-0.2, -0.15) is 5.10 Å². The molecule has 0 spiro atoms. The zero-order chi connectivity index (χ0) is 11.3. The van der Waals surface area contributed by atoms with Gasteiger partial charge >= 0.3 is 0 Å². The fourth-order valence-electron chi connectivity index (χ4n) is 1.79. The van der Waals surface area contributed by atoms with E-state index >= 15 is 0 Å². The number of rotatable bonds is 3. The van der Waals surface area contributed by atoms with Crippen LogP contribution in [0.1, 0.15) is 26.0 Å². The summed E-state index contributed by atoms with van der Waals surface area (Å²) in [4.78, 5) is 0. The maximum absolute atomic E-state index is 13.1. The normalized spacial score (nSPS) is 28.4. The van der Waals surface area contributed by atoms with Gasteiger partial charge < -0.3 is 5.73 Å². The van der Waals surface area contributed by atoms with Gasteiger partial charge in [-0.1, -0.05) is 13.8 Å². The van der Waals surface area contributed by atoms with Crippen LogP contribution < -0.4 is 5.73 Å². The molecule has 1 fully saturated rings. The van der Waals surface area contributed by atoms with E-state index in [2.05, 4.69) is 5.10 Å². The SMILES string of the molecule is CC(C)Cn1nccc1C1(N)CC1(F)F. The molecule has 1 heterocycles. The molecule has 1 atom stereocenters. The van der Waals surface area contributed by atoms with Gasteiger partial charge in [-0.05, 0) is 12.0 Å². The Hall–Kier alpha value is -0.970. The average molecular weight is 215 g/mol. The quantitative estimate of drug-likeness (QED) is 0.834. The molecule has 2 rings (SSSR count). The van der Waals surface area contributed by atoms with Crippen LogP contribution in [0, 0.1) is 5.92 Å². The van der Waals surface area contributed by atoms with Crippen LogP contribution in [0.5, 0.6) is 0 Å². The zero-order valence-electron chi connectivity index (χ0n) is 8.87. The largest absolute Gasteiger partial charge is 0.315 e. The van der Waals surface area contributed by atoms with Crippen molar-refractivity contribution in [2.24, 2.45) is 11.7 Å². The lowest BCUT2D eigenvalue weighted by Crippen LogP contribution is -2.31.